The summed E-state index contributed by atoms with van der Waals surface area (Å²) in [5, 5.41) is 17.6. The molecule has 1 aromatic carbocycles. The second-order valence-corrected chi connectivity index (χ2v) is 7.79. The standard InChI is InChI=1S/C22H16F4N4O4/c1-21(2)19(33)30(14-8-15(22(24,25)26)17(9-27)28-10-14)20(34)29(21)11-13-5-3-12(7-16(13)23)4-6-18(31)32/h3-8,10H,11H2,1-2H3,(H,31,32)/b6-4+. The number of carboxylic acids is 1. The zero-order valence-corrected chi connectivity index (χ0v) is 17.7. The Morgan fingerprint density at radius 2 is 1.94 bits per heavy atom. The molecule has 1 N–H and O–H groups in total. The Bertz CT molecular complexity index is 1260. The van der Waals surface area contributed by atoms with E-state index in [1.807, 2.05) is 0 Å². The van der Waals surface area contributed by atoms with Crippen LogP contribution in [0.25, 0.3) is 6.08 Å². The minimum Gasteiger partial charge on any atom is -0.478 e. The van der Waals surface area contributed by atoms with E-state index >= 15 is 0 Å². The van der Waals surface area contributed by atoms with Gasteiger partial charge in [0.1, 0.15) is 17.4 Å². The van der Waals surface area contributed by atoms with Gasteiger partial charge in [0, 0.05) is 11.6 Å². The van der Waals surface area contributed by atoms with Gasteiger partial charge in [-0.3, -0.25) is 4.79 Å². The van der Waals surface area contributed by atoms with E-state index in [0.717, 1.165) is 23.2 Å². The molecule has 12 heteroatoms. The van der Waals surface area contributed by atoms with Crippen LogP contribution in [0.4, 0.5) is 28.0 Å². The molecule has 34 heavy (non-hydrogen) atoms. The van der Waals surface area contributed by atoms with Gasteiger partial charge in [0.15, 0.2) is 5.69 Å². The van der Waals surface area contributed by atoms with Crippen molar-refractivity contribution in [3.63, 3.8) is 0 Å². The van der Waals surface area contributed by atoms with Gasteiger partial charge in [-0.25, -0.2) is 23.9 Å². The summed E-state index contributed by atoms with van der Waals surface area (Å²) >= 11 is 0. The number of aliphatic carboxylic acids is 1. The molecule has 3 amide bonds. The quantitative estimate of drug-likeness (QED) is 0.397. The highest BCUT2D eigenvalue weighted by molar-refractivity contribution is 6.22. The lowest BCUT2D eigenvalue weighted by Crippen LogP contribution is -2.43. The van der Waals surface area contributed by atoms with E-state index in [9.17, 15) is 31.9 Å². The molecule has 1 aromatic heterocycles. The summed E-state index contributed by atoms with van der Waals surface area (Å²) in [5.74, 6) is -2.86. The number of alkyl halides is 3. The van der Waals surface area contributed by atoms with Crippen LogP contribution in [0.15, 0.2) is 36.5 Å². The number of carboxylic acid groups (broad SMARTS) is 1. The van der Waals surface area contributed by atoms with E-state index < -0.39 is 58.9 Å². The Balaban J connectivity index is 1.96. The first-order valence-electron chi connectivity index (χ1n) is 9.60. The summed E-state index contributed by atoms with van der Waals surface area (Å²) in [7, 11) is 0. The fourth-order valence-electron chi connectivity index (χ4n) is 3.34. The number of benzene rings is 1. The molecule has 0 spiro atoms. The van der Waals surface area contributed by atoms with Crippen molar-refractivity contribution in [2.75, 3.05) is 4.90 Å². The third-order valence-electron chi connectivity index (χ3n) is 5.19. The number of halogens is 4. The number of anilines is 1. The number of hydrogen-bond donors (Lipinski definition) is 1. The molecule has 2 aromatic rings. The first-order chi connectivity index (χ1) is 15.8. The Labute approximate surface area is 190 Å². The summed E-state index contributed by atoms with van der Waals surface area (Å²) in [5.41, 5.74) is -4.09. The SMILES string of the molecule is CC1(C)C(=O)N(c2cnc(C#N)c(C(F)(F)F)c2)C(=O)N1Cc1ccc(/C=C/C(=O)O)cc1F. The minimum atomic E-state index is -4.95. The summed E-state index contributed by atoms with van der Waals surface area (Å²) in [6.45, 7) is 2.33. The van der Waals surface area contributed by atoms with Crippen LogP contribution in [0, 0.1) is 17.1 Å². The molecular weight excluding hydrogens is 460 g/mol. The van der Waals surface area contributed by atoms with Crippen LogP contribution >= 0.6 is 0 Å². The number of nitriles is 1. The molecule has 1 aliphatic heterocycles. The number of urea groups is 1. The minimum absolute atomic E-state index is 0.00233. The van der Waals surface area contributed by atoms with Crippen molar-refractivity contribution in [3.8, 4) is 6.07 Å². The molecule has 0 radical (unpaired) electrons. The Kier molecular flexibility index (Phi) is 6.15. The van der Waals surface area contributed by atoms with E-state index in [4.69, 9.17) is 10.4 Å². The topological polar surface area (TPSA) is 115 Å². The van der Waals surface area contributed by atoms with Crippen molar-refractivity contribution in [2.45, 2.75) is 32.1 Å². The average molecular weight is 476 g/mol. The molecule has 0 aliphatic carbocycles. The number of pyridine rings is 1. The molecule has 1 saturated heterocycles. The highest BCUT2D eigenvalue weighted by Gasteiger charge is 2.52. The maximum atomic E-state index is 14.6. The number of carbonyl (C=O) groups excluding carboxylic acids is 2. The normalized spacial score (nSPS) is 15.8. The average Bonchev–Trinajstić information content (AvgIpc) is 2.92. The lowest BCUT2D eigenvalue weighted by molar-refractivity contribution is -0.138. The van der Waals surface area contributed by atoms with Gasteiger partial charge in [-0.1, -0.05) is 12.1 Å². The van der Waals surface area contributed by atoms with Gasteiger partial charge >= 0.3 is 18.2 Å². The lowest BCUT2D eigenvalue weighted by Gasteiger charge is -2.27. The number of aromatic nitrogens is 1. The van der Waals surface area contributed by atoms with Gasteiger partial charge in [0.05, 0.1) is 24.0 Å². The first kappa shape index (κ1) is 24.4. The van der Waals surface area contributed by atoms with Gasteiger partial charge < -0.3 is 10.0 Å². The van der Waals surface area contributed by atoms with E-state index in [0.29, 0.717) is 11.0 Å². The van der Waals surface area contributed by atoms with E-state index in [1.54, 1.807) is 0 Å². The van der Waals surface area contributed by atoms with Crippen LogP contribution < -0.4 is 4.90 Å². The fourth-order valence-corrected chi connectivity index (χ4v) is 3.34. The molecule has 8 nitrogen and oxygen atoms in total. The number of amides is 3. The van der Waals surface area contributed by atoms with E-state index in [-0.39, 0.29) is 11.1 Å². The highest BCUT2D eigenvalue weighted by atomic mass is 19.4. The zero-order chi connectivity index (χ0) is 25.4. The Morgan fingerprint density at radius 3 is 2.50 bits per heavy atom. The molecule has 0 saturated carbocycles. The van der Waals surface area contributed by atoms with Crippen LogP contribution in [0.3, 0.4) is 0 Å². The smallest absolute Gasteiger partial charge is 0.419 e. The van der Waals surface area contributed by atoms with Crippen LogP contribution in [-0.4, -0.2) is 38.4 Å². The van der Waals surface area contributed by atoms with E-state index in [1.165, 1.54) is 38.1 Å². The third kappa shape index (κ3) is 4.45. The predicted octanol–water partition coefficient (Wildman–Crippen LogP) is 3.96. The summed E-state index contributed by atoms with van der Waals surface area (Å²) in [4.78, 5) is 41.6. The van der Waals surface area contributed by atoms with Crippen LogP contribution in [0.5, 0.6) is 0 Å². The van der Waals surface area contributed by atoms with Crippen molar-refractivity contribution in [2.24, 2.45) is 0 Å². The molecule has 176 valence electrons. The van der Waals surface area contributed by atoms with Crippen LogP contribution in [0.1, 0.15) is 36.2 Å². The van der Waals surface area contributed by atoms with Gasteiger partial charge in [-0.2, -0.15) is 18.4 Å². The monoisotopic (exact) mass is 476 g/mol. The fraction of sp³-hybridized carbons (Fsp3) is 0.227. The van der Waals surface area contributed by atoms with Crippen molar-refractivity contribution in [1.82, 2.24) is 9.88 Å². The number of rotatable bonds is 5. The molecule has 2 heterocycles. The maximum absolute atomic E-state index is 14.6. The lowest BCUT2D eigenvalue weighted by atomic mass is 10.0. The number of carbonyl (C=O) groups is 3. The highest BCUT2D eigenvalue weighted by Crippen LogP contribution is 2.37. The second kappa shape index (κ2) is 8.58. The van der Waals surface area contributed by atoms with Gasteiger partial charge in [0.2, 0.25) is 0 Å². The largest absolute Gasteiger partial charge is 0.478 e. The first-order valence-corrected chi connectivity index (χ1v) is 9.60. The molecule has 3 rings (SSSR count). The molecule has 0 unspecified atom stereocenters. The number of nitrogens with zero attached hydrogens (tertiary/aromatic N) is 4. The summed E-state index contributed by atoms with van der Waals surface area (Å²) < 4.78 is 54.6. The molecular formula is C22H16F4N4O4. The van der Waals surface area contributed by atoms with Gasteiger partial charge in [0.25, 0.3) is 5.91 Å². The predicted molar refractivity (Wildman–Crippen MR) is 110 cm³/mol. The molecule has 1 fully saturated rings. The second-order valence-electron chi connectivity index (χ2n) is 7.79. The zero-order valence-electron chi connectivity index (χ0n) is 17.7. The van der Waals surface area contributed by atoms with Crippen molar-refractivity contribution < 1.29 is 37.1 Å². The summed E-state index contributed by atoms with van der Waals surface area (Å²) in [6.07, 6.45) is -2.15. The summed E-state index contributed by atoms with van der Waals surface area (Å²) in [6, 6.07) is 4.57. The Morgan fingerprint density at radius 1 is 1.26 bits per heavy atom. The van der Waals surface area contributed by atoms with E-state index in [2.05, 4.69) is 4.98 Å². The van der Waals surface area contributed by atoms with Crippen molar-refractivity contribution in [1.29, 1.82) is 5.26 Å². The Hall–Kier alpha value is -4.27. The van der Waals surface area contributed by atoms with Crippen molar-refractivity contribution in [3.05, 3.63) is 64.7 Å². The van der Waals surface area contributed by atoms with Gasteiger partial charge in [-0.05, 0) is 37.6 Å². The van der Waals surface area contributed by atoms with Crippen LogP contribution in [0.2, 0.25) is 0 Å². The van der Waals surface area contributed by atoms with Gasteiger partial charge in [-0.15, -0.1) is 0 Å². The molecule has 0 atom stereocenters. The number of imide groups is 1. The molecule has 1 aliphatic rings. The number of hydrogen-bond acceptors (Lipinski definition) is 5. The third-order valence-corrected chi connectivity index (χ3v) is 5.19. The van der Waals surface area contributed by atoms with Crippen molar-refractivity contribution >= 4 is 29.7 Å². The molecule has 0 bridgehead atoms. The van der Waals surface area contributed by atoms with Crippen LogP contribution in [-0.2, 0) is 22.3 Å². The maximum Gasteiger partial charge on any atom is 0.419 e.